The van der Waals surface area contributed by atoms with E-state index in [9.17, 15) is 4.79 Å². The average Bonchev–Trinajstić information content (AvgIpc) is 2.36. The molecule has 1 aromatic carbocycles. The standard InChI is InChI=1S/C18H20O3/c1-5-6-12-10-15(19)20-14-9-11(2)13-7-8-18(3,4)21-17(13)16(12)14/h7-10H,5-6H2,1-4H3. The van der Waals surface area contributed by atoms with Gasteiger partial charge in [-0.1, -0.05) is 19.4 Å². The van der Waals surface area contributed by atoms with Gasteiger partial charge < -0.3 is 9.15 Å². The number of aryl methyl sites for hydroxylation is 2. The van der Waals surface area contributed by atoms with Crippen molar-refractivity contribution in [2.45, 2.75) is 46.1 Å². The maximum Gasteiger partial charge on any atom is 0.336 e. The molecule has 0 aliphatic carbocycles. The highest BCUT2D eigenvalue weighted by Gasteiger charge is 2.26. The first-order chi connectivity index (χ1) is 9.91. The Bertz CT molecular complexity index is 794. The molecule has 0 N–H and O–H groups in total. The third kappa shape index (κ3) is 2.37. The van der Waals surface area contributed by atoms with Crippen molar-refractivity contribution in [2.24, 2.45) is 0 Å². The zero-order valence-electron chi connectivity index (χ0n) is 12.9. The third-order valence-corrected chi connectivity index (χ3v) is 3.85. The molecule has 1 aliphatic heterocycles. The van der Waals surface area contributed by atoms with Crippen LogP contribution in [0.4, 0.5) is 0 Å². The Morgan fingerprint density at radius 2 is 2.00 bits per heavy atom. The summed E-state index contributed by atoms with van der Waals surface area (Å²) in [6.07, 6.45) is 5.98. The molecule has 2 aromatic rings. The molecule has 3 nitrogen and oxygen atoms in total. The molecule has 3 heteroatoms. The molecule has 0 saturated heterocycles. The van der Waals surface area contributed by atoms with E-state index in [0.29, 0.717) is 5.58 Å². The van der Waals surface area contributed by atoms with Crippen molar-refractivity contribution in [3.05, 3.63) is 45.3 Å². The van der Waals surface area contributed by atoms with Gasteiger partial charge in [-0.3, -0.25) is 0 Å². The molecular weight excluding hydrogens is 264 g/mol. The van der Waals surface area contributed by atoms with Gasteiger partial charge in [-0.05, 0) is 50.5 Å². The van der Waals surface area contributed by atoms with Crippen LogP contribution in [0.3, 0.4) is 0 Å². The quantitative estimate of drug-likeness (QED) is 0.774. The molecule has 0 bridgehead atoms. The SMILES string of the molecule is CCCc1cc(=O)oc2cc(C)c3c(c12)OC(C)(C)C=C3. The zero-order chi connectivity index (χ0) is 15.2. The molecule has 0 atom stereocenters. The number of hydrogen-bond acceptors (Lipinski definition) is 3. The largest absolute Gasteiger partial charge is 0.482 e. The fourth-order valence-corrected chi connectivity index (χ4v) is 2.87. The van der Waals surface area contributed by atoms with Gasteiger partial charge in [0.2, 0.25) is 0 Å². The van der Waals surface area contributed by atoms with E-state index in [1.165, 1.54) is 0 Å². The summed E-state index contributed by atoms with van der Waals surface area (Å²) in [6, 6.07) is 3.52. The topological polar surface area (TPSA) is 39.4 Å². The lowest BCUT2D eigenvalue weighted by atomic mass is 9.94. The molecule has 0 amide bonds. The van der Waals surface area contributed by atoms with Crippen molar-refractivity contribution in [3.8, 4) is 5.75 Å². The number of ether oxygens (including phenoxy) is 1. The van der Waals surface area contributed by atoms with Crippen molar-refractivity contribution < 1.29 is 9.15 Å². The summed E-state index contributed by atoms with van der Waals surface area (Å²) in [5.74, 6) is 0.838. The molecule has 2 heterocycles. The minimum absolute atomic E-state index is 0.295. The van der Waals surface area contributed by atoms with Gasteiger partial charge in [0.25, 0.3) is 0 Å². The van der Waals surface area contributed by atoms with Gasteiger partial charge in [0, 0.05) is 11.6 Å². The van der Waals surface area contributed by atoms with Crippen LogP contribution in [0.15, 0.2) is 27.4 Å². The fraction of sp³-hybridized carbons (Fsp3) is 0.389. The first-order valence-corrected chi connectivity index (χ1v) is 7.40. The highest BCUT2D eigenvalue weighted by atomic mass is 16.5. The Labute approximate surface area is 124 Å². The van der Waals surface area contributed by atoms with E-state index in [1.807, 2.05) is 26.8 Å². The highest BCUT2D eigenvalue weighted by molar-refractivity contribution is 5.92. The lowest BCUT2D eigenvalue weighted by molar-refractivity contribution is 0.161. The van der Waals surface area contributed by atoms with Crippen LogP contribution in [0.25, 0.3) is 17.0 Å². The Balaban J connectivity index is 2.40. The molecule has 21 heavy (non-hydrogen) atoms. The number of benzene rings is 1. The van der Waals surface area contributed by atoms with Crippen LogP contribution < -0.4 is 10.4 Å². The van der Waals surface area contributed by atoms with Gasteiger partial charge in [0.15, 0.2) is 0 Å². The van der Waals surface area contributed by atoms with Gasteiger partial charge in [-0.25, -0.2) is 4.79 Å². The van der Waals surface area contributed by atoms with Gasteiger partial charge in [0.1, 0.15) is 16.9 Å². The maximum atomic E-state index is 11.8. The summed E-state index contributed by atoms with van der Waals surface area (Å²) in [7, 11) is 0. The minimum Gasteiger partial charge on any atom is -0.482 e. The van der Waals surface area contributed by atoms with Crippen molar-refractivity contribution in [3.63, 3.8) is 0 Å². The molecule has 0 fully saturated rings. The van der Waals surface area contributed by atoms with Crippen LogP contribution in [-0.4, -0.2) is 5.60 Å². The monoisotopic (exact) mass is 284 g/mol. The van der Waals surface area contributed by atoms with Crippen molar-refractivity contribution in [2.75, 3.05) is 0 Å². The van der Waals surface area contributed by atoms with Crippen molar-refractivity contribution in [1.29, 1.82) is 0 Å². The first-order valence-electron chi connectivity index (χ1n) is 7.40. The molecule has 1 aromatic heterocycles. The Hall–Kier alpha value is -2.03. The summed E-state index contributed by atoms with van der Waals surface area (Å²) < 4.78 is 11.6. The Kier molecular flexibility index (Phi) is 3.16. The van der Waals surface area contributed by atoms with Crippen molar-refractivity contribution in [1.82, 2.24) is 0 Å². The van der Waals surface area contributed by atoms with E-state index in [-0.39, 0.29) is 11.2 Å². The van der Waals surface area contributed by atoms with E-state index in [2.05, 4.69) is 19.1 Å². The summed E-state index contributed by atoms with van der Waals surface area (Å²) in [5, 5.41) is 0.939. The molecule has 0 spiro atoms. The lowest BCUT2D eigenvalue weighted by Crippen LogP contribution is -2.28. The van der Waals surface area contributed by atoms with Gasteiger partial charge in [0.05, 0.1) is 5.39 Å². The molecule has 0 saturated carbocycles. The first kappa shape index (κ1) is 13.9. The van der Waals surface area contributed by atoms with E-state index in [4.69, 9.17) is 9.15 Å². The van der Waals surface area contributed by atoms with E-state index < -0.39 is 0 Å². The smallest absolute Gasteiger partial charge is 0.336 e. The maximum absolute atomic E-state index is 11.8. The second kappa shape index (κ2) is 4.76. The average molecular weight is 284 g/mol. The summed E-state index contributed by atoms with van der Waals surface area (Å²) in [5.41, 5.74) is 3.11. The molecule has 3 rings (SSSR count). The fourth-order valence-electron chi connectivity index (χ4n) is 2.87. The van der Waals surface area contributed by atoms with Crippen LogP contribution >= 0.6 is 0 Å². The second-order valence-corrected chi connectivity index (χ2v) is 6.19. The van der Waals surface area contributed by atoms with Crippen molar-refractivity contribution >= 4 is 17.0 Å². The second-order valence-electron chi connectivity index (χ2n) is 6.19. The van der Waals surface area contributed by atoms with Gasteiger partial charge >= 0.3 is 5.63 Å². The highest BCUT2D eigenvalue weighted by Crippen LogP contribution is 2.40. The normalized spacial score (nSPS) is 15.8. The predicted molar refractivity (Wildman–Crippen MR) is 85.0 cm³/mol. The zero-order valence-corrected chi connectivity index (χ0v) is 12.9. The predicted octanol–water partition coefficient (Wildman–Crippen LogP) is 4.24. The summed E-state index contributed by atoms with van der Waals surface area (Å²) >= 11 is 0. The van der Waals surface area contributed by atoms with Crippen LogP contribution in [0.5, 0.6) is 5.75 Å². The molecule has 0 radical (unpaired) electrons. The summed E-state index contributed by atoms with van der Waals surface area (Å²) in [4.78, 5) is 11.8. The summed E-state index contributed by atoms with van der Waals surface area (Å²) in [6.45, 7) is 8.17. The van der Waals surface area contributed by atoms with Gasteiger partial charge in [-0.15, -0.1) is 0 Å². The number of hydrogen-bond donors (Lipinski definition) is 0. The molecule has 0 unspecified atom stereocenters. The third-order valence-electron chi connectivity index (χ3n) is 3.85. The lowest BCUT2D eigenvalue weighted by Gasteiger charge is -2.30. The number of rotatable bonds is 2. The Morgan fingerprint density at radius 1 is 1.24 bits per heavy atom. The van der Waals surface area contributed by atoms with E-state index in [0.717, 1.165) is 40.7 Å². The van der Waals surface area contributed by atoms with E-state index in [1.54, 1.807) is 6.07 Å². The molecule has 1 aliphatic rings. The Morgan fingerprint density at radius 3 is 2.71 bits per heavy atom. The number of fused-ring (bicyclic) bond motifs is 3. The van der Waals surface area contributed by atoms with E-state index >= 15 is 0 Å². The van der Waals surface area contributed by atoms with Crippen LogP contribution in [-0.2, 0) is 6.42 Å². The van der Waals surface area contributed by atoms with Crippen LogP contribution in [0.1, 0.15) is 43.9 Å². The minimum atomic E-state index is -0.354. The molecular formula is C18H20O3. The molecule has 110 valence electrons. The van der Waals surface area contributed by atoms with Crippen LogP contribution in [0, 0.1) is 6.92 Å². The van der Waals surface area contributed by atoms with Crippen LogP contribution in [0.2, 0.25) is 0 Å². The van der Waals surface area contributed by atoms with Gasteiger partial charge in [-0.2, -0.15) is 0 Å².